The first-order chi connectivity index (χ1) is 13.0. The van der Waals surface area contributed by atoms with E-state index >= 15 is 0 Å². The summed E-state index contributed by atoms with van der Waals surface area (Å²) in [5.74, 6) is 2.07. The van der Waals surface area contributed by atoms with Crippen molar-refractivity contribution >= 4 is 8.32 Å². The molecule has 1 heterocycles. The maximum absolute atomic E-state index is 6.02. The van der Waals surface area contributed by atoms with Crippen LogP contribution in [0.5, 0.6) is 5.75 Å². The molecule has 0 saturated carbocycles. The van der Waals surface area contributed by atoms with Crippen molar-refractivity contribution in [2.45, 2.75) is 90.8 Å². The van der Waals surface area contributed by atoms with Crippen molar-refractivity contribution in [1.29, 1.82) is 0 Å². The minimum atomic E-state index is -1.54. The number of H-pyrrole nitrogens is 1. The summed E-state index contributed by atoms with van der Waals surface area (Å²) < 4.78 is 6.02. The first-order valence-corrected chi connectivity index (χ1v) is 14.2. The van der Waals surface area contributed by atoms with Crippen LogP contribution in [0.3, 0.4) is 0 Å². The second-order valence-corrected chi connectivity index (χ2v) is 13.0. The zero-order chi connectivity index (χ0) is 19.5. The molecule has 4 heteroatoms. The van der Waals surface area contributed by atoms with E-state index in [0.29, 0.717) is 0 Å². The molecule has 0 unspecified atom stereocenters. The number of benzene rings is 1. The summed E-state index contributed by atoms with van der Waals surface area (Å²) >= 11 is 0. The Labute approximate surface area is 167 Å². The van der Waals surface area contributed by atoms with Crippen molar-refractivity contribution in [3.63, 3.8) is 0 Å². The topological polar surface area (TPSA) is 37.9 Å². The van der Waals surface area contributed by atoms with E-state index in [9.17, 15) is 0 Å². The van der Waals surface area contributed by atoms with Crippen LogP contribution in [-0.4, -0.2) is 18.3 Å². The van der Waals surface area contributed by atoms with E-state index in [2.05, 4.69) is 60.8 Å². The third-order valence-electron chi connectivity index (χ3n) is 4.73. The molecule has 3 nitrogen and oxygen atoms in total. The third kappa shape index (κ3) is 8.78. The van der Waals surface area contributed by atoms with Crippen LogP contribution in [-0.2, 0) is 6.42 Å². The van der Waals surface area contributed by atoms with E-state index in [-0.39, 0.29) is 0 Å². The van der Waals surface area contributed by atoms with Crippen LogP contribution in [0.25, 0.3) is 11.3 Å². The van der Waals surface area contributed by atoms with Gasteiger partial charge in [0.15, 0.2) is 0 Å². The third-order valence-corrected chi connectivity index (χ3v) is 5.58. The van der Waals surface area contributed by atoms with Gasteiger partial charge in [-0.1, -0.05) is 58.3 Å². The molecule has 2 aromatic rings. The number of aryl methyl sites for hydroxylation is 1. The minimum absolute atomic E-state index is 0.965. The summed E-state index contributed by atoms with van der Waals surface area (Å²) in [5, 5.41) is 0. The highest BCUT2D eigenvalue weighted by molar-refractivity contribution is 6.70. The molecular weight excluding hydrogens is 348 g/mol. The molecular formula is C23H38N2OSi. The van der Waals surface area contributed by atoms with Crippen LogP contribution in [0, 0.1) is 0 Å². The Balaban J connectivity index is 1.69. The van der Waals surface area contributed by atoms with Crippen LogP contribution in [0.15, 0.2) is 30.5 Å². The summed E-state index contributed by atoms with van der Waals surface area (Å²) in [5.41, 5.74) is 2.27. The Hall–Kier alpha value is -1.55. The molecule has 0 aliphatic rings. The van der Waals surface area contributed by atoms with Crippen LogP contribution < -0.4 is 4.43 Å². The normalized spacial score (nSPS) is 11.7. The Kier molecular flexibility index (Phi) is 9.12. The number of nitrogens with one attached hydrogen (secondary N) is 1. The first kappa shape index (κ1) is 21.7. The number of aromatic nitrogens is 2. The fourth-order valence-corrected chi connectivity index (χ4v) is 4.14. The Morgan fingerprint density at radius 2 is 1.44 bits per heavy atom. The molecule has 0 aliphatic carbocycles. The number of hydrogen-bond acceptors (Lipinski definition) is 2. The summed E-state index contributed by atoms with van der Waals surface area (Å²) in [6, 6.07) is 8.36. The van der Waals surface area contributed by atoms with Crippen molar-refractivity contribution in [2.75, 3.05) is 0 Å². The van der Waals surface area contributed by atoms with Crippen LogP contribution in [0.4, 0.5) is 0 Å². The number of rotatable bonds is 13. The average Bonchev–Trinajstić information content (AvgIpc) is 3.08. The Morgan fingerprint density at radius 1 is 0.852 bits per heavy atom. The lowest BCUT2D eigenvalue weighted by Crippen LogP contribution is -2.29. The van der Waals surface area contributed by atoms with Gasteiger partial charge in [0.1, 0.15) is 11.6 Å². The fraction of sp³-hybridized carbons (Fsp3) is 0.609. The highest BCUT2D eigenvalue weighted by Crippen LogP contribution is 2.23. The maximum Gasteiger partial charge on any atom is 0.242 e. The number of imidazole rings is 1. The standard InChI is InChI=1S/C23H38N2OSi/c1-5-6-7-8-9-10-11-12-13-14-23-24-19-22(25-23)20-15-17-21(18-16-20)26-27(2,3)4/h15-19H,5-14H2,1-4H3,(H,24,25). The second kappa shape index (κ2) is 11.3. The van der Waals surface area contributed by atoms with E-state index in [1.807, 2.05) is 6.20 Å². The fourth-order valence-electron chi connectivity index (χ4n) is 3.30. The molecule has 27 heavy (non-hydrogen) atoms. The van der Waals surface area contributed by atoms with Gasteiger partial charge in [0.05, 0.1) is 11.9 Å². The van der Waals surface area contributed by atoms with E-state index < -0.39 is 8.32 Å². The molecule has 0 bridgehead atoms. The molecule has 2 rings (SSSR count). The summed E-state index contributed by atoms with van der Waals surface area (Å²) in [4.78, 5) is 8.04. The molecule has 0 aliphatic heterocycles. The molecule has 1 aromatic heterocycles. The second-order valence-electron chi connectivity index (χ2n) is 8.56. The van der Waals surface area contributed by atoms with Gasteiger partial charge < -0.3 is 9.41 Å². The lowest BCUT2D eigenvalue weighted by molar-refractivity contribution is 0.558. The van der Waals surface area contributed by atoms with Gasteiger partial charge in [-0.25, -0.2) is 4.98 Å². The molecule has 150 valence electrons. The number of unbranched alkanes of at least 4 members (excludes halogenated alkanes) is 8. The number of hydrogen-bond donors (Lipinski definition) is 1. The number of aromatic amines is 1. The molecule has 1 N–H and O–H groups in total. The molecule has 0 saturated heterocycles. The summed E-state index contributed by atoms with van der Waals surface area (Å²) in [6.07, 6.45) is 15.3. The molecule has 0 fully saturated rings. The van der Waals surface area contributed by atoms with Crippen molar-refractivity contribution < 1.29 is 4.43 Å². The quantitative estimate of drug-likeness (QED) is 0.288. The van der Waals surface area contributed by atoms with Crippen molar-refractivity contribution in [2.24, 2.45) is 0 Å². The lowest BCUT2D eigenvalue weighted by Gasteiger charge is -2.19. The molecule has 0 radical (unpaired) electrons. The van der Waals surface area contributed by atoms with Crippen molar-refractivity contribution in [1.82, 2.24) is 9.97 Å². The van der Waals surface area contributed by atoms with Gasteiger partial charge in [-0.2, -0.15) is 0 Å². The smallest absolute Gasteiger partial charge is 0.242 e. The zero-order valence-corrected chi connectivity index (χ0v) is 18.8. The monoisotopic (exact) mass is 386 g/mol. The van der Waals surface area contributed by atoms with Crippen molar-refractivity contribution in [3.8, 4) is 17.0 Å². The highest BCUT2D eigenvalue weighted by atomic mass is 28.4. The van der Waals surface area contributed by atoms with Crippen LogP contribution in [0.1, 0.15) is 70.5 Å². The lowest BCUT2D eigenvalue weighted by atomic mass is 10.1. The average molecular weight is 387 g/mol. The molecule has 0 atom stereocenters. The van der Waals surface area contributed by atoms with Crippen molar-refractivity contribution in [3.05, 3.63) is 36.3 Å². The van der Waals surface area contributed by atoms with Gasteiger partial charge in [0.2, 0.25) is 8.32 Å². The Morgan fingerprint density at radius 3 is 2.04 bits per heavy atom. The van der Waals surface area contributed by atoms with Gasteiger partial charge in [-0.3, -0.25) is 0 Å². The van der Waals surface area contributed by atoms with E-state index in [0.717, 1.165) is 23.7 Å². The first-order valence-electron chi connectivity index (χ1n) is 10.8. The minimum Gasteiger partial charge on any atom is -0.544 e. The Bertz CT molecular complexity index is 643. The van der Waals surface area contributed by atoms with Gasteiger partial charge >= 0.3 is 0 Å². The summed E-state index contributed by atoms with van der Waals surface area (Å²) in [7, 11) is -1.54. The van der Waals surface area contributed by atoms with E-state index in [1.54, 1.807) is 0 Å². The maximum atomic E-state index is 6.02. The SMILES string of the molecule is CCCCCCCCCCCc1ncc(-c2ccc(O[Si](C)(C)C)cc2)[nH]1. The molecule has 0 spiro atoms. The summed E-state index contributed by atoms with van der Waals surface area (Å²) in [6.45, 7) is 8.88. The van der Waals surface area contributed by atoms with Crippen LogP contribution in [0.2, 0.25) is 19.6 Å². The highest BCUT2D eigenvalue weighted by Gasteiger charge is 2.16. The van der Waals surface area contributed by atoms with Gasteiger partial charge in [-0.05, 0) is 55.9 Å². The molecule has 0 amide bonds. The molecule has 1 aromatic carbocycles. The van der Waals surface area contributed by atoms with Gasteiger partial charge in [-0.15, -0.1) is 0 Å². The van der Waals surface area contributed by atoms with Gasteiger partial charge in [0, 0.05) is 6.42 Å². The van der Waals surface area contributed by atoms with E-state index in [1.165, 1.54) is 63.4 Å². The van der Waals surface area contributed by atoms with Gasteiger partial charge in [0.25, 0.3) is 0 Å². The predicted molar refractivity (Wildman–Crippen MR) is 119 cm³/mol. The number of nitrogens with zero attached hydrogens (tertiary/aromatic N) is 1. The van der Waals surface area contributed by atoms with E-state index in [4.69, 9.17) is 4.43 Å². The zero-order valence-electron chi connectivity index (χ0n) is 17.8. The van der Waals surface area contributed by atoms with Crippen LogP contribution >= 0.6 is 0 Å². The predicted octanol–water partition coefficient (Wildman–Crippen LogP) is 7.36. The largest absolute Gasteiger partial charge is 0.544 e.